The molecule has 0 aliphatic carbocycles. The smallest absolute Gasteiger partial charge is 0.327 e. The number of rotatable bonds is 4. The minimum atomic E-state index is -4.03. The molecule has 2 heterocycles. The predicted octanol–water partition coefficient (Wildman–Crippen LogP) is 4.92. The molecule has 4 rings (SSSR count). The van der Waals surface area contributed by atoms with Crippen molar-refractivity contribution in [3.8, 4) is 0 Å². The molecule has 0 fully saturated rings. The molecule has 170 valence electrons. The lowest BCUT2D eigenvalue weighted by molar-refractivity contribution is -0.147. The summed E-state index contributed by atoms with van der Waals surface area (Å²) in [5.74, 6) is -0.262. The van der Waals surface area contributed by atoms with Gasteiger partial charge in [0.15, 0.2) is 0 Å². The Morgan fingerprint density at radius 3 is 2.47 bits per heavy atom. The summed E-state index contributed by atoms with van der Waals surface area (Å²) in [4.78, 5) is 15.8. The second-order valence-corrected chi connectivity index (χ2v) is 10.1. The Morgan fingerprint density at radius 1 is 1.16 bits per heavy atom. The van der Waals surface area contributed by atoms with E-state index in [-0.39, 0.29) is 10.9 Å². The van der Waals surface area contributed by atoms with Gasteiger partial charge in [-0.2, -0.15) is 8.42 Å². The van der Waals surface area contributed by atoms with Gasteiger partial charge in [-0.05, 0) is 53.6 Å². The van der Waals surface area contributed by atoms with Crippen molar-refractivity contribution in [2.45, 2.75) is 30.8 Å². The molecular weight excluding hydrogens is 470 g/mol. The van der Waals surface area contributed by atoms with Crippen molar-refractivity contribution in [2.75, 3.05) is 13.7 Å². The van der Waals surface area contributed by atoms with Gasteiger partial charge < -0.3 is 4.74 Å². The quantitative estimate of drug-likeness (QED) is 0.410. The van der Waals surface area contributed by atoms with Crippen LogP contribution >= 0.6 is 22.9 Å². The SMILES string of the molecule is COC(=O)[C@H](c1ccccc1Cl)N1CCc2sccc2C1.Cc1ccccc1S(=O)(=O)O. The van der Waals surface area contributed by atoms with Gasteiger partial charge in [0.05, 0.1) is 12.0 Å². The Bertz CT molecular complexity index is 1190. The molecule has 0 unspecified atom stereocenters. The van der Waals surface area contributed by atoms with E-state index in [4.69, 9.17) is 20.9 Å². The van der Waals surface area contributed by atoms with Crippen LogP contribution in [0.1, 0.15) is 27.6 Å². The number of methoxy groups -OCH3 is 1. The van der Waals surface area contributed by atoms with Crippen molar-refractivity contribution in [1.82, 2.24) is 4.90 Å². The van der Waals surface area contributed by atoms with E-state index >= 15 is 0 Å². The van der Waals surface area contributed by atoms with Gasteiger partial charge in [0.2, 0.25) is 0 Å². The lowest BCUT2D eigenvalue weighted by Gasteiger charge is -2.33. The summed E-state index contributed by atoms with van der Waals surface area (Å²) in [6.07, 6.45) is 0.963. The number of halogens is 1. The molecule has 0 bridgehead atoms. The highest BCUT2D eigenvalue weighted by atomic mass is 35.5. The van der Waals surface area contributed by atoms with E-state index in [1.165, 1.54) is 23.6 Å². The molecule has 1 aromatic heterocycles. The summed E-state index contributed by atoms with van der Waals surface area (Å²) in [6, 6.07) is 15.4. The maximum Gasteiger partial charge on any atom is 0.327 e. The molecule has 9 heteroatoms. The molecular formula is C23H24ClNO5S2. The van der Waals surface area contributed by atoms with E-state index in [0.29, 0.717) is 10.6 Å². The summed E-state index contributed by atoms with van der Waals surface area (Å²) in [5.41, 5.74) is 2.66. The van der Waals surface area contributed by atoms with Crippen LogP contribution in [0.2, 0.25) is 5.02 Å². The maximum atomic E-state index is 12.3. The summed E-state index contributed by atoms with van der Waals surface area (Å²) in [7, 11) is -2.61. The van der Waals surface area contributed by atoms with Crippen LogP contribution in [-0.2, 0) is 32.6 Å². The fourth-order valence-corrected chi connectivity index (χ4v) is 5.47. The molecule has 1 atom stereocenters. The first-order valence-electron chi connectivity index (χ1n) is 9.87. The van der Waals surface area contributed by atoms with Gasteiger partial charge in [-0.25, -0.2) is 4.79 Å². The van der Waals surface area contributed by atoms with E-state index in [0.717, 1.165) is 25.1 Å². The summed E-state index contributed by atoms with van der Waals surface area (Å²) in [5, 5.41) is 2.71. The van der Waals surface area contributed by atoms with Gasteiger partial charge in [0.1, 0.15) is 6.04 Å². The van der Waals surface area contributed by atoms with Crippen LogP contribution in [-0.4, -0.2) is 37.5 Å². The van der Waals surface area contributed by atoms with E-state index in [1.54, 1.807) is 36.5 Å². The van der Waals surface area contributed by atoms with Crippen LogP contribution in [0.15, 0.2) is 64.9 Å². The van der Waals surface area contributed by atoms with Gasteiger partial charge >= 0.3 is 5.97 Å². The largest absolute Gasteiger partial charge is 0.468 e. The monoisotopic (exact) mass is 493 g/mol. The molecule has 0 amide bonds. The summed E-state index contributed by atoms with van der Waals surface area (Å²) < 4.78 is 34.9. The van der Waals surface area contributed by atoms with Crippen LogP contribution in [0.5, 0.6) is 0 Å². The van der Waals surface area contributed by atoms with Crippen LogP contribution in [0.25, 0.3) is 0 Å². The zero-order chi connectivity index (χ0) is 23.3. The van der Waals surface area contributed by atoms with Gasteiger partial charge in [-0.15, -0.1) is 11.3 Å². The first-order chi connectivity index (χ1) is 15.2. The minimum absolute atomic E-state index is 0.0278. The van der Waals surface area contributed by atoms with Crippen molar-refractivity contribution in [3.05, 3.63) is 86.6 Å². The molecule has 32 heavy (non-hydrogen) atoms. The van der Waals surface area contributed by atoms with Crippen molar-refractivity contribution < 1.29 is 22.5 Å². The number of thiophene rings is 1. The number of nitrogens with zero attached hydrogens (tertiary/aromatic N) is 1. The maximum absolute atomic E-state index is 12.3. The number of carbonyl (C=O) groups excluding carboxylic acids is 1. The molecule has 0 spiro atoms. The highest BCUT2D eigenvalue weighted by Crippen LogP contribution is 2.33. The van der Waals surface area contributed by atoms with Crippen LogP contribution in [0.4, 0.5) is 0 Å². The van der Waals surface area contributed by atoms with E-state index in [9.17, 15) is 13.2 Å². The average Bonchev–Trinajstić information content (AvgIpc) is 3.23. The number of benzene rings is 2. The lowest BCUT2D eigenvalue weighted by atomic mass is 10.0. The number of aryl methyl sites for hydroxylation is 1. The van der Waals surface area contributed by atoms with Gasteiger partial charge in [0.25, 0.3) is 10.1 Å². The highest BCUT2D eigenvalue weighted by Gasteiger charge is 2.32. The second kappa shape index (κ2) is 10.6. The van der Waals surface area contributed by atoms with E-state index in [1.807, 2.05) is 24.3 Å². The number of esters is 1. The van der Waals surface area contributed by atoms with Crippen LogP contribution < -0.4 is 0 Å². The topological polar surface area (TPSA) is 83.9 Å². The molecule has 1 N–H and O–H groups in total. The van der Waals surface area contributed by atoms with Crippen molar-refractivity contribution >= 4 is 39.0 Å². The molecule has 0 saturated carbocycles. The van der Waals surface area contributed by atoms with Gasteiger partial charge in [-0.3, -0.25) is 9.45 Å². The zero-order valence-corrected chi connectivity index (χ0v) is 20.1. The number of hydrogen-bond donors (Lipinski definition) is 1. The fourth-order valence-electron chi connectivity index (χ4n) is 3.62. The standard InChI is InChI=1S/C16H16ClNO2S.C7H8O3S/c1-20-16(19)15(12-4-2-3-5-13(12)17)18-8-6-14-11(10-18)7-9-21-14;1-6-4-2-3-5-7(6)11(8,9)10/h2-5,7,9,15H,6,8,10H2,1H3;2-5H,1H3,(H,8,9,10)/t15-;/m0./s1. The first kappa shape index (κ1) is 24.4. The zero-order valence-electron chi connectivity index (χ0n) is 17.7. The Balaban J connectivity index is 0.000000222. The third kappa shape index (κ3) is 5.76. The summed E-state index contributed by atoms with van der Waals surface area (Å²) >= 11 is 8.07. The molecule has 0 radical (unpaired) electrons. The van der Waals surface area contributed by atoms with Gasteiger partial charge in [0, 0.05) is 23.0 Å². The van der Waals surface area contributed by atoms with Crippen LogP contribution in [0, 0.1) is 6.92 Å². The van der Waals surface area contributed by atoms with Crippen molar-refractivity contribution in [1.29, 1.82) is 0 Å². The number of carbonyl (C=O) groups is 1. The van der Waals surface area contributed by atoms with Crippen molar-refractivity contribution in [2.24, 2.45) is 0 Å². The number of hydrogen-bond acceptors (Lipinski definition) is 6. The Kier molecular flexibility index (Phi) is 8.08. The Hall–Kier alpha value is -2.23. The Morgan fingerprint density at radius 2 is 1.84 bits per heavy atom. The number of fused-ring (bicyclic) bond motifs is 1. The summed E-state index contributed by atoms with van der Waals surface area (Å²) in [6.45, 7) is 3.21. The molecule has 0 saturated heterocycles. The average molecular weight is 494 g/mol. The van der Waals surface area contributed by atoms with Crippen molar-refractivity contribution in [3.63, 3.8) is 0 Å². The minimum Gasteiger partial charge on any atom is -0.468 e. The first-order valence-corrected chi connectivity index (χ1v) is 12.6. The third-order valence-electron chi connectivity index (χ3n) is 5.20. The van der Waals surface area contributed by atoms with E-state index < -0.39 is 16.2 Å². The molecule has 3 aromatic rings. The fraction of sp³-hybridized carbons (Fsp3) is 0.261. The highest BCUT2D eigenvalue weighted by molar-refractivity contribution is 7.85. The second-order valence-electron chi connectivity index (χ2n) is 7.28. The molecule has 6 nitrogen and oxygen atoms in total. The Labute approximate surface area is 197 Å². The van der Waals surface area contributed by atoms with Crippen LogP contribution in [0.3, 0.4) is 0 Å². The van der Waals surface area contributed by atoms with Gasteiger partial charge in [-0.1, -0.05) is 48.0 Å². The van der Waals surface area contributed by atoms with E-state index in [2.05, 4.69) is 16.3 Å². The third-order valence-corrected chi connectivity index (χ3v) is 7.58. The predicted molar refractivity (Wildman–Crippen MR) is 126 cm³/mol. The normalized spacial score (nSPS) is 14.6. The molecule has 2 aromatic carbocycles. The molecule has 1 aliphatic heterocycles. The lowest BCUT2D eigenvalue weighted by Crippen LogP contribution is -2.38. The number of ether oxygens (including phenoxy) is 1. The molecule has 1 aliphatic rings.